The van der Waals surface area contributed by atoms with Crippen LogP contribution in [0.4, 0.5) is 4.79 Å². The molecule has 7 nitrogen and oxygen atoms in total. The molecule has 2 N–H and O–H groups in total. The number of carboxylic acids is 1. The number of aliphatic carboxylic acids is 1. The van der Waals surface area contributed by atoms with Crippen molar-refractivity contribution < 1.29 is 28.9 Å². The maximum Gasteiger partial charge on any atom is 0.407 e. The summed E-state index contributed by atoms with van der Waals surface area (Å²) >= 11 is 0. The lowest BCUT2D eigenvalue weighted by Crippen LogP contribution is -2.28. The number of carboxylic acid groups (broad SMARTS) is 1. The molecule has 0 saturated heterocycles. The molecule has 7 heteroatoms. The second-order valence-electron chi connectivity index (χ2n) is 4.34. The van der Waals surface area contributed by atoms with Crippen LogP contribution in [-0.2, 0) is 14.3 Å². The lowest BCUT2D eigenvalue weighted by molar-refractivity contribution is -0.132. The van der Waals surface area contributed by atoms with Crippen molar-refractivity contribution in [2.75, 3.05) is 27.1 Å². The van der Waals surface area contributed by atoms with E-state index in [4.69, 9.17) is 14.2 Å². The maximum atomic E-state index is 11.3. The molecule has 1 rings (SSSR count). The van der Waals surface area contributed by atoms with E-state index < -0.39 is 12.1 Å². The molecule has 1 aromatic rings. The zero-order valence-corrected chi connectivity index (χ0v) is 12.8. The highest BCUT2D eigenvalue weighted by atomic mass is 16.7. The highest BCUT2D eigenvalue weighted by Crippen LogP contribution is 2.14. The monoisotopic (exact) mass is 321 g/mol. The first kappa shape index (κ1) is 18.2. The second kappa shape index (κ2) is 10.0. The zero-order valence-electron chi connectivity index (χ0n) is 12.8. The van der Waals surface area contributed by atoms with E-state index in [1.165, 1.54) is 19.3 Å². The summed E-state index contributed by atoms with van der Waals surface area (Å²) in [6.45, 7) is 3.44. The molecular formula is C16H19NO6. The summed E-state index contributed by atoms with van der Waals surface area (Å²) in [5, 5.41) is 11.5. The van der Waals surface area contributed by atoms with E-state index in [2.05, 4.69) is 11.9 Å². The Bertz CT molecular complexity index is 564. The van der Waals surface area contributed by atoms with E-state index in [-0.39, 0.29) is 25.5 Å². The quantitative estimate of drug-likeness (QED) is 0.411. The van der Waals surface area contributed by atoms with Crippen molar-refractivity contribution in [3.05, 3.63) is 48.1 Å². The average molecular weight is 321 g/mol. The molecule has 1 aromatic carbocycles. The van der Waals surface area contributed by atoms with Gasteiger partial charge < -0.3 is 24.6 Å². The molecule has 0 aliphatic heterocycles. The number of amides is 1. The molecule has 0 atom stereocenters. The van der Waals surface area contributed by atoms with E-state index in [0.29, 0.717) is 11.3 Å². The van der Waals surface area contributed by atoms with Crippen LogP contribution < -0.4 is 10.1 Å². The number of ether oxygens (including phenoxy) is 3. The fourth-order valence-electron chi connectivity index (χ4n) is 1.53. The van der Waals surface area contributed by atoms with Gasteiger partial charge in [-0.25, -0.2) is 9.59 Å². The minimum Gasteiger partial charge on any atom is -0.478 e. The van der Waals surface area contributed by atoms with Gasteiger partial charge in [0.2, 0.25) is 0 Å². The summed E-state index contributed by atoms with van der Waals surface area (Å²) in [4.78, 5) is 22.5. The molecule has 1 amide bonds. The summed E-state index contributed by atoms with van der Waals surface area (Å²) in [7, 11) is 1.52. The summed E-state index contributed by atoms with van der Waals surface area (Å²) in [6.07, 6.45) is 2.16. The average Bonchev–Trinajstić information content (AvgIpc) is 2.55. The second-order valence-corrected chi connectivity index (χ2v) is 4.34. The van der Waals surface area contributed by atoms with E-state index in [1.807, 2.05) is 0 Å². The number of alkyl carbamates (subject to hydrolysis) is 1. The van der Waals surface area contributed by atoms with Gasteiger partial charge in [-0.2, -0.15) is 0 Å². The Kier molecular flexibility index (Phi) is 7.95. The summed E-state index contributed by atoms with van der Waals surface area (Å²) in [5.41, 5.74) is 0.680. The van der Waals surface area contributed by atoms with Crippen LogP contribution >= 0.6 is 0 Å². The number of carbonyl (C=O) groups is 2. The SMILES string of the molecule is C=CCOC(=O)NCC(=Cc1ccc(OCOC)cc1)C(=O)O. The van der Waals surface area contributed by atoms with Gasteiger partial charge in [0.1, 0.15) is 12.4 Å². The first-order valence-electron chi connectivity index (χ1n) is 6.74. The first-order chi connectivity index (χ1) is 11.1. The first-order valence-corrected chi connectivity index (χ1v) is 6.74. The minimum absolute atomic E-state index is 0.0195. The van der Waals surface area contributed by atoms with Crippen LogP contribution in [0.2, 0.25) is 0 Å². The normalized spacial score (nSPS) is 10.7. The Hall–Kier alpha value is -2.80. The molecule has 0 aromatic heterocycles. The highest BCUT2D eigenvalue weighted by molar-refractivity contribution is 5.93. The third-order valence-electron chi connectivity index (χ3n) is 2.59. The molecule has 0 spiro atoms. The van der Waals surface area contributed by atoms with Crippen molar-refractivity contribution in [1.29, 1.82) is 0 Å². The van der Waals surface area contributed by atoms with Crippen LogP contribution in [-0.4, -0.2) is 44.2 Å². The smallest absolute Gasteiger partial charge is 0.407 e. The van der Waals surface area contributed by atoms with Gasteiger partial charge >= 0.3 is 12.1 Å². The lowest BCUT2D eigenvalue weighted by Gasteiger charge is -2.07. The van der Waals surface area contributed by atoms with Gasteiger partial charge in [-0.05, 0) is 23.8 Å². The van der Waals surface area contributed by atoms with Crippen molar-refractivity contribution in [2.45, 2.75) is 0 Å². The minimum atomic E-state index is -1.13. The highest BCUT2D eigenvalue weighted by Gasteiger charge is 2.10. The number of benzene rings is 1. The van der Waals surface area contributed by atoms with Crippen LogP contribution in [0.1, 0.15) is 5.56 Å². The van der Waals surface area contributed by atoms with E-state index in [0.717, 1.165) is 0 Å². The molecule has 124 valence electrons. The zero-order chi connectivity index (χ0) is 17.1. The predicted octanol–water partition coefficient (Wildman–Crippen LogP) is 2.05. The van der Waals surface area contributed by atoms with Crippen LogP contribution in [0.5, 0.6) is 5.75 Å². The Morgan fingerprint density at radius 3 is 2.57 bits per heavy atom. The summed E-state index contributed by atoms with van der Waals surface area (Å²) in [6, 6.07) is 6.78. The van der Waals surface area contributed by atoms with E-state index in [1.54, 1.807) is 24.3 Å². The van der Waals surface area contributed by atoms with Crippen molar-refractivity contribution in [3.8, 4) is 5.75 Å². The Balaban J connectivity index is 2.68. The molecule has 23 heavy (non-hydrogen) atoms. The molecule has 0 aliphatic carbocycles. The third kappa shape index (κ3) is 7.14. The van der Waals surface area contributed by atoms with Gasteiger partial charge in [-0.3, -0.25) is 0 Å². The van der Waals surface area contributed by atoms with Crippen molar-refractivity contribution in [3.63, 3.8) is 0 Å². The van der Waals surface area contributed by atoms with Gasteiger partial charge in [-0.1, -0.05) is 24.8 Å². The predicted molar refractivity (Wildman–Crippen MR) is 84.1 cm³/mol. The summed E-state index contributed by atoms with van der Waals surface area (Å²) < 4.78 is 14.7. The summed E-state index contributed by atoms with van der Waals surface area (Å²) in [5.74, 6) is -0.527. The lowest BCUT2D eigenvalue weighted by atomic mass is 10.1. The molecule has 0 aliphatic rings. The molecule has 0 fully saturated rings. The maximum absolute atomic E-state index is 11.3. The molecule has 0 radical (unpaired) electrons. The van der Waals surface area contributed by atoms with Crippen LogP contribution in [0.25, 0.3) is 6.08 Å². The number of nitrogens with one attached hydrogen (secondary N) is 1. The van der Waals surface area contributed by atoms with Gasteiger partial charge in [0.15, 0.2) is 6.79 Å². The van der Waals surface area contributed by atoms with Crippen molar-refractivity contribution in [1.82, 2.24) is 5.32 Å². The van der Waals surface area contributed by atoms with Crippen molar-refractivity contribution >= 4 is 18.1 Å². The fraction of sp³-hybridized carbons (Fsp3) is 0.250. The van der Waals surface area contributed by atoms with Crippen LogP contribution in [0, 0.1) is 0 Å². The van der Waals surface area contributed by atoms with Crippen molar-refractivity contribution in [2.24, 2.45) is 0 Å². The molecular weight excluding hydrogens is 302 g/mol. The molecule has 0 saturated carbocycles. The molecule has 0 heterocycles. The van der Waals surface area contributed by atoms with Crippen LogP contribution in [0.15, 0.2) is 42.5 Å². The topological polar surface area (TPSA) is 94.1 Å². The van der Waals surface area contributed by atoms with E-state index in [9.17, 15) is 14.7 Å². The largest absolute Gasteiger partial charge is 0.478 e. The van der Waals surface area contributed by atoms with Crippen LogP contribution in [0.3, 0.4) is 0 Å². The van der Waals surface area contributed by atoms with Gasteiger partial charge in [-0.15, -0.1) is 0 Å². The molecule has 0 bridgehead atoms. The van der Waals surface area contributed by atoms with Gasteiger partial charge in [0.05, 0.1) is 12.1 Å². The van der Waals surface area contributed by atoms with Gasteiger partial charge in [0, 0.05) is 7.11 Å². The number of hydrogen-bond donors (Lipinski definition) is 2. The standard InChI is InChI=1S/C16H19NO6/c1-3-8-22-16(20)17-10-13(15(18)19)9-12-4-6-14(7-5-12)23-11-21-2/h3-7,9H,1,8,10-11H2,2H3,(H,17,20)(H,18,19). The van der Waals surface area contributed by atoms with E-state index >= 15 is 0 Å². The Labute approximate surface area is 134 Å². The Morgan fingerprint density at radius 2 is 2.00 bits per heavy atom. The Morgan fingerprint density at radius 1 is 1.30 bits per heavy atom. The number of carbonyl (C=O) groups excluding carboxylic acids is 1. The number of hydrogen-bond acceptors (Lipinski definition) is 5. The molecule has 0 unspecified atom stereocenters. The third-order valence-corrected chi connectivity index (χ3v) is 2.59. The van der Waals surface area contributed by atoms with Gasteiger partial charge in [0.25, 0.3) is 0 Å². The fourth-order valence-corrected chi connectivity index (χ4v) is 1.53. The number of methoxy groups -OCH3 is 1. The number of rotatable bonds is 9.